The Morgan fingerprint density at radius 1 is 0.506 bits per heavy atom. The molecule has 0 aliphatic carbocycles. The summed E-state index contributed by atoms with van der Waals surface area (Å²) in [5.74, 6) is -8.04. The lowest BCUT2D eigenvalue weighted by Crippen LogP contribution is -2.60. The Hall–Kier alpha value is -8.98. The highest BCUT2D eigenvalue weighted by Crippen LogP contribution is 2.20. The molecule has 0 radical (unpaired) electrons. The van der Waals surface area contributed by atoms with Gasteiger partial charge in [0, 0.05) is 49.5 Å². The van der Waals surface area contributed by atoms with Crippen LogP contribution >= 0.6 is 0 Å². The number of aromatic amines is 1. The smallest absolute Gasteiger partial charge is 0.326 e. The summed E-state index contributed by atoms with van der Waals surface area (Å²) in [6.07, 6.45) is 1.39. The number of phenols is 2. The lowest BCUT2D eigenvalue weighted by atomic mass is 10.0. The largest absolute Gasteiger partial charge is 0.508 e. The number of nitrogens with one attached hydrogen (secondary N) is 7. The molecule has 1 aromatic heterocycles. The number of aliphatic carboxylic acids is 1. The zero-order valence-corrected chi connectivity index (χ0v) is 43.7. The zero-order valence-electron chi connectivity index (χ0n) is 43.7. The van der Waals surface area contributed by atoms with Crippen molar-refractivity contribution >= 4 is 70.1 Å². The highest BCUT2D eigenvalue weighted by atomic mass is 16.4. The standard InChI is InChI=1S/C52H74N16O11/c53-22-4-3-9-40(50(78)79)66-49(77)42(27-31-28-62-36-8-2-1-7-34(31)36)68-46(74)38(11-6-24-61-52(58)59)64-47(75)39(20-21-43(55)71)65-48(76)41(26-30-14-18-33(70)19-15-30)67-45(73)37(10-5-23-60-51(56)57)63-44(72)35(54)25-29-12-16-32(69)17-13-29/h1-2,7-8,12-19,28,35,37-42,62,69-70H,3-6,9-11,20-27,53-54H2,(H2,55,71)(H,63,72)(H,64,75)(H,65,76)(H,66,77)(H,67,73)(H,68,74)(H,78,79)(H4,56,57,60)(H4,58,59,61)/t35-,37-,38-,39-,40-,41-,42-/m0/s1. The van der Waals surface area contributed by atoms with Crippen molar-refractivity contribution in [3.05, 3.63) is 95.7 Å². The van der Waals surface area contributed by atoms with E-state index in [1.54, 1.807) is 42.6 Å². The summed E-state index contributed by atoms with van der Waals surface area (Å²) in [7, 11) is 0. The fraction of sp³-hybridized carbons (Fsp3) is 0.423. The van der Waals surface area contributed by atoms with E-state index < -0.39 is 102 Å². The SMILES string of the molecule is NCCCC[C@H](NC(=O)[C@H](Cc1c[nH]c2ccccc12)NC(=O)[C@H](CCCN=C(N)N)NC(=O)[C@H](CCC(N)=O)NC(=O)[C@H](Cc1ccc(O)cc1)NC(=O)[C@H](CCCN=C(N)N)NC(=O)[C@@H](N)Cc1ccc(O)cc1)C(=O)O. The Morgan fingerprint density at radius 2 is 0.937 bits per heavy atom. The molecule has 0 unspecified atom stereocenters. The van der Waals surface area contributed by atoms with Gasteiger partial charge in [-0.1, -0.05) is 42.5 Å². The van der Waals surface area contributed by atoms with Crippen molar-refractivity contribution in [1.82, 2.24) is 36.9 Å². The lowest BCUT2D eigenvalue weighted by molar-refractivity contribution is -0.142. The van der Waals surface area contributed by atoms with Crippen molar-refractivity contribution < 1.29 is 53.7 Å². The number of phenolic OH excluding ortho intramolecular Hbond substituents is 2. The Balaban J connectivity index is 1.66. The van der Waals surface area contributed by atoms with Crippen molar-refractivity contribution in [3.8, 4) is 11.5 Å². The van der Waals surface area contributed by atoms with Crippen molar-refractivity contribution in [2.75, 3.05) is 19.6 Å². The van der Waals surface area contributed by atoms with Gasteiger partial charge >= 0.3 is 5.97 Å². The highest BCUT2D eigenvalue weighted by Gasteiger charge is 2.34. The highest BCUT2D eigenvalue weighted by molar-refractivity contribution is 5.98. The number of H-pyrrole nitrogens is 1. The second-order valence-electron chi connectivity index (χ2n) is 18.8. The number of aromatic hydroxyl groups is 2. The van der Waals surface area contributed by atoms with Crippen LogP contribution in [0.25, 0.3) is 10.9 Å². The average molecular weight is 1100 g/mol. The number of primary amides is 1. The monoisotopic (exact) mass is 1100 g/mol. The van der Waals surface area contributed by atoms with Gasteiger partial charge in [0.25, 0.3) is 0 Å². The molecular weight excluding hydrogens is 1020 g/mol. The van der Waals surface area contributed by atoms with Gasteiger partial charge in [-0.25, -0.2) is 4.79 Å². The average Bonchev–Trinajstić information content (AvgIpc) is 3.82. The van der Waals surface area contributed by atoms with Crippen LogP contribution < -0.4 is 72.0 Å². The molecule has 0 saturated heterocycles. The first-order valence-electron chi connectivity index (χ1n) is 25.6. The molecule has 0 bridgehead atoms. The number of amides is 7. The molecule has 7 amide bonds. The number of guanidine groups is 2. The number of carbonyl (C=O) groups excluding carboxylic acids is 7. The Morgan fingerprint density at radius 3 is 1.43 bits per heavy atom. The van der Waals surface area contributed by atoms with Crippen LogP contribution in [0.4, 0.5) is 0 Å². The molecule has 4 aromatic rings. The minimum atomic E-state index is -1.62. The van der Waals surface area contributed by atoms with E-state index in [1.807, 2.05) is 0 Å². The van der Waals surface area contributed by atoms with Crippen LogP contribution in [0.1, 0.15) is 74.5 Å². The van der Waals surface area contributed by atoms with Crippen LogP contribution in [0.5, 0.6) is 11.5 Å². The molecule has 1 heterocycles. The number of fused-ring (bicyclic) bond motifs is 1. The number of nitrogens with zero attached hydrogens (tertiary/aromatic N) is 2. The fourth-order valence-corrected chi connectivity index (χ4v) is 8.28. The predicted octanol–water partition coefficient (Wildman–Crippen LogP) is -2.57. The maximum atomic E-state index is 14.5. The predicted molar refractivity (Wildman–Crippen MR) is 294 cm³/mol. The van der Waals surface area contributed by atoms with Crippen LogP contribution in [0, 0.1) is 0 Å². The Kier molecular flexibility index (Phi) is 25.3. The first-order valence-corrected chi connectivity index (χ1v) is 25.6. The molecule has 24 N–H and O–H groups in total. The van der Waals surface area contributed by atoms with Gasteiger partial charge in [-0.3, -0.25) is 43.5 Å². The van der Waals surface area contributed by atoms with Crippen LogP contribution in [0.15, 0.2) is 89.0 Å². The van der Waals surface area contributed by atoms with Crippen LogP contribution in [0.3, 0.4) is 0 Å². The molecule has 0 aliphatic heterocycles. The van der Waals surface area contributed by atoms with E-state index in [0.717, 1.165) is 10.9 Å². The van der Waals surface area contributed by atoms with Gasteiger partial charge in [-0.05, 0) is 111 Å². The lowest BCUT2D eigenvalue weighted by Gasteiger charge is -2.28. The maximum absolute atomic E-state index is 14.5. The van der Waals surface area contributed by atoms with Crippen molar-refractivity contribution in [2.45, 2.75) is 119 Å². The third-order valence-electron chi connectivity index (χ3n) is 12.5. The minimum absolute atomic E-state index is 0.00232. The number of aliphatic imine (C=N–C) groups is 2. The molecule has 79 heavy (non-hydrogen) atoms. The van der Waals surface area contributed by atoms with E-state index >= 15 is 0 Å². The van der Waals surface area contributed by atoms with Gasteiger partial charge in [0.05, 0.1) is 6.04 Å². The van der Waals surface area contributed by atoms with Crippen LogP contribution in [0.2, 0.25) is 0 Å². The number of aromatic nitrogens is 1. The van der Waals surface area contributed by atoms with Crippen molar-refractivity contribution in [3.63, 3.8) is 0 Å². The molecule has 27 heteroatoms. The second kappa shape index (κ2) is 31.9. The van der Waals surface area contributed by atoms with Gasteiger partial charge in [0.2, 0.25) is 41.4 Å². The maximum Gasteiger partial charge on any atom is 0.326 e. The quantitative estimate of drug-likeness (QED) is 0.0130. The number of carbonyl (C=O) groups is 8. The Labute approximate surface area is 455 Å². The molecule has 0 spiro atoms. The van der Waals surface area contributed by atoms with Gasteiger partial charge in [0.1, 0.15) is 47.8 Å². The van der Waals surface area contributed by atoms with E-state index in [-0.39, 0.29) is 87.9 Å². The molecular formula is C52H74N16O11. The number of hydrogen-bond donors (Lipinski definition) is 17. The van der Waals surface area contributed by atoms with Gasteiger partial charge < -0.3 is 92.3 Å². The van der Waals surface area contributed by atoms with E-state index in [2.05, 4.69) is 46.9 Å². The third kappa shape index (κ3) is 21.9. The van der Waals surface area contributed by atoms with Gasteiger partial charge in [-0.15, -0.1) is 0 Å². The molecule has 7 atom stereocenters. The number of benzene rings is 3. The number of carboxylic acid groups (broad SMARTS) is 1. The van der Waals surface area contributed by atoms with Crippen LogP contribution in [-0.2, 0) is 57.6 Å². The third-order valence-corrected chi connectivity index (χ3v) is 12.5. The normalized spacial score (nSPS) is 13.6. The molecule has 0 fully saturated rings. The Bertz CT molecular complexity index is 2750. The molecule has 27 nitrogen and oxygen atoms in total. The van der Waals surface area contributed by atoms with Crippen molar-refractivity contribution in [2.24, 2.45) is 50.1 Å². The van der Waals surface area contributed by atoms with E-state index in [1.165, 1.54) is 36.4 Å². The number of nitrogens with two attached hydrogens (primary N) is 7. The van der Waals surface area contributed by atoms with Crippen LogP contribution in [-0.4, -0.2) is 141 Å². The summed E-state index contributed by atoms with van der Waals surface area (Å²) < 4.78 is 0. The first kappa shape index (κ1) is 62.6. The van der Waals surface area contributed by atoms with Gasteiger partial charge in [-0.2, -0.15) is 0 Å². The zero-order chi connectivity index (χ0) is 58.0. The number of carboxylic acids is 1. The molecule has 0 saturated carbocycles. The minimum Gasteiger partial charge on any atom is -0.508 e. The number of rotatable bonds is 34. The van der Waals surface area contributed by atoms with Gasteiger partial charge in [0.15, 0.2) is 11.9 Å². The molecule has 428 valence electrons. The molecule has 3 aromatic carbocycles. The second-order valence-corrected chi connectivity index (χ2v) is 18.8. The molecule has 0 aliphatic rings. The summed E-state index contributed by atoms with van der Waals surface area (Å²) >= 11 is 0. The summed E-state index contributed by atoms with van der Waals surface area (Å²) in [4.78, 5) is 121. The summed E-state index contributed by atoms with van der Waals surface area (Å²) in [6.45, 7) is 0.346. The molecule has 4 rings (SSSR count). The van der Waals surface area contributed by atoms with Crippen molar-refractivity contribution in [1.29, 1.82) is 0 Å². The van der Waals surface area contributed by atoms with E-state index in [4.69, 9.17) is 40.1 Å². The fourth-order valence-electron chi connectivity index (χ4n) is 8.28. The number of unbranched alkanes of at least 4 members (excludes halogenated alkanes) is 1. The topological polar surface area (TPSA) is 492 Å². The van der Waals surface area contributed by atoms with E-state index in [9.17, 15) is 53.7 Å². The summed E-state index contributed by atoms with van der Waals surface area (Å²) in [6, 6.07) is 8.97. The van der Waals surface area contributed by atoms with E-state index in [0.29, 0.717) is 36.1 Å². The number of para-hydroxylation sites is 1. The first-order chi connectivity index (χ1) is 37.6. The summed E-state index contributed by atoms with van der Waals surface area (Å²) in [5.41, 5.74) is 41.9. The number of hydrogen-bond acceptors (Lipinski definition) is 14. The summed E-state index contributed by atoms with van der Waals surface area (Å²) in [5, 5.41) is 46.2.